The molecule has 0 bridgehead atoms. The fraction of sp³-hybridized carbons (Fsp3) is 0.533. The lowest BCUT2D eigenvalue weighted by Crippen LogP contribution is -2.51. The van der Waals surface area contributed by atoms with Crippen molar-refractivity contribution in [1.29, 1.82) is 0 Å². The molecule has 1 aromatic carbocycles. The van der Waals surface area contributed by atoms with Gasteiger partial charge in [-0.05, 0) is 12.5 Å². The second-order valence-electron chi connectivity index (χ2n) is 5.21. The van der Waals surface area contributed by atoms with Crippen LogP contribution in [0.15, 0.2) is 18.2 Å². The highest BCUT2D eigenvalue weighted by Gasteiger charge is 2.26. The molecular formula is C15H20N2O3S. The molecule has 0 aliphatic carbocycles. The van der Waals surface area contributed by atoms with E-state index in [9.17, 15) is 4.79 Å². The summed E-state index contributed by atoms with van der Waals surface area (Å²) in [5, 5.41) is 3.08. The number of hydrogen-bond donors (Lipinski definition) is 1. The van der Waals surface area contributed by atoms with Crippen LogP contribution in [-0.4, -0.2) is 55.3 Å². The molecule has 2 amide bonds. The number of para-hydroxylation sites is 1. The lowest BCUT2D eigenvalue weighted by molar-refractivity contribution is 0.183. The molecule has 1 N–H and O–H groups in total. The van der Waals surface area contributed by atoms with Crippen LogP contribution in [0, 0.1) is 0 Å². The van der Waals surface area contributed by atoms with Crippen molar-refractivity contribution in [3.63, 3.8) is 0 Å². The van der Waals surface area contributed by atoms with E-state index in [-0.39, 0.29) is 12.1 Å². The first kappa shape index (κ1) is 14.4. The standard InChI is InChI=1S/C15H20N2O3S/c1-19-13-4-2-3-11-9-12(10-20-14(11)13)16-15(18)17-5-7-21-8-6-17/h2-4,12H,5-10H2,1H3,(H,16,18)/t12-/m0/s1. The third-order valence-electron chi connectivity index (χ3n) is 3.80. The molecule has 0 saturated carbocycles. The second-order valence-corrected chi connectivity index (χ2v) is 6.43. The zero-order valence-corrected chi connectivity index (χ0v) is 12.9. The smallest absolute Gasteiger partial charge is 0.317 e. The average Bonchev–Trinajstić information content (AvgIpc) is 2.54. The maximum absolute atomic E-state index is 12.2. The SMILES string of the molecule is COc1cccc2c1OC[C@@H](NC(=O)N1CCSCC1)C2. The third-order valence-corrected chi connectivity index (χ3v) is 4.74. The summed E-state index contributed by atoms with van der Waals surface area (Å²) in [5.74, 6) is 3.61. The number of fused-ring (bicyclic) bond motifs is 1. The molecule has 1 saturated heterocycles. The number of benzene rings is 1. The number of urea groups is 1. The highest BCUT2D eigenvalue weighted by atomic mass is 32.2. The molecule has 0 aromatic heterocycles. The van der Waals surface area contributed by atoms with Crippen LogP contribution in [0.1, 0.15) is 5.56 Å². The number of rotatable bonds is 2. The molecule has 2 aliphatic rings. The van der Waals surface area contributed by atoms with Gasteiger partial charge in [-0.2, -0.15) is 11.8 Å². The van der Waals surface area contributed by atoms with Crippen LogP contribution in [0.4, 0.5) is 4.79 Å². The summed E-state index contributed by atoms with van der Waals surface area (Å²) < 4.78 is 11.1. The molecule has 0 spiro atoms. The van der Waals surface area contributed by atoms with Gasteiger partial charge < -0.3 is 19.7 Å². The Bertz CT molecular complexity index is 518. The Labute approximate surface area is 129 Å². The molecule has 0 radical (unpaired) electrons. The van der Waals surface area contributed by atoms with Crippen LogP contribution in [0.2, 0.25) is 0 Å². The fourth-order valence-corrected chi connectivity index (χ4v) is 3.58. The van der Waals surface area contributed by atoms with Crippen LogP contribution in [0.5, 0.6) is 11.5 Å². The molecule has 1 fully saturated rings. The largest absolute Gasteiger partial charge is 0.493 e. The quantitative estimate of drug-likeness (QED) is 0.904. The van der Waals surface area contributed by atoms with Crippen molar-refractivity contribution in [3.05, 3.63) is 23.8 Å². The number of hydrogen-bond acceptors (Lipinski definition) is 4. The van der Waals surface area contributed by atoms with Crippen molar-refractivity contribution in [2.24, 2.45) is 0 Å². The first-order chi connectivity index (χ1) is 10.3. The van der Waals surface area contributed by atoms with Crippen LogP contribution >= 0.6 is 11.8 Å². The van der Waals surface area contributed by atoms with Gasteiger partial charge in [0.2, 0.25) is 0 Å². The molecule has 2 heterocycles. The summed E-state index contributed by atoms with van der Waals surface area (Å²) >= 11 is 1.90. The van der Waals surface area contributed by atoms with Crippen LogP contribution in [-0.2, 0) is 6.42 Å². The van der Waals surface area contributed by atoms with E-state index < -0.39 is 0 Å². The zero-order chi connectivity index (χ0) is 14.7. The summed E-state index contributed by atoms with van der Waals surface area (Å²) in [5.41, 5.74) is 1.08. The van der Waals surface area contributed by atoms with Crippen LogP contribution in [0.3, 0.4) is 0 Å². The van der Waals surface area contributed by atoms with Crippen LogP contribution in [0.25, 0.3) is 0 Å². The van der Waals surface area contributed by atoms with Gasteiger partial charge in [0.1, 0.15) is 6.61 Å². The van der Waals surface area contributed by atoms with E-state index in [4.69, 9.17) is 9.47 Å². The Morgan fingerprint density at radius 2 is 2.24 bits per heavy atom. The lowest BCUT2D eigenvalue weighted by atomic mass is 10.0. The van der Waals surface area contributed by atoms with E-state index in [2.05, 4.69) is 5.32 Å². The van der Waals surface area contributed by atoms with E-state index in [1.807, 2.05) is 34.9 Å². The number of nitrogens with one attached hydrogen (secondary N) is 1. The summed E-state index contributed by atoms with van der Waals surface area (Å²) in [6.45, 7) is 2.14. The monoisotopic (exact) mass is 308 g/mol. The Morgan fingerprint density at radius 1 is 1.43 bits per heavy atom. The number of nitrogens with zero attached hydrogens (tertiary/aromatic N) is 1. The first-order valence-corrected chi connectivity index (χ1v) is 8.35. The van der Waals surface area contributed by atoms with Crippen molar-refractivity contribution in [2.45, 2.75) is 12.5 Å². The molecule has 114 valence electrons. The van der Waals surface area contributed by atoms with Crippen LogP contribution < -0.4 is 14.8 Å². The van der Waals surface area contributed by atoms with E-state index in [0.717, 1.165) is 48.1 Å². The topological polar surface area (TPSA) is 50.8 Å². The van der Waals surface area contributed by atoms with Gasteiger partial charge in [-0.25, -0.2) is 4.79 Å². The average molecular weight is 308 g/mol. The number of carbonyl (C=O) groups excluding carboxylic acids is 1. The molecule has 2 aliphatic heterocycles. The van der Waals surface area contributed by atoms with E-state index >= 15 is 0 Å². The molecule has 21 heavy (non-hydrogen) atoms. The predicted octanol–water partition coefficient (Wildman–Crippen LogP) is 1.76. The molecular weight excluding hydrogens is 288 g/mol. The molecule has 0 unspecified atom stereocenters. The van der Waals surface area contributed by atoms with Crippen molar-refractivity contribution in [3.8, 4) is 11.5 Å². The molecule has 3 rings (SSSR count). The van der Waals surface area contributed by atoms with Crippen molar-refractivity contribution in [2.75, 3.05) is 38.3 Å². The summed E-state index contributed by atoms with van der Waals surface area (Å²) in [6, 6.07) is 5.91. The minimum absolute atomic E-state index is 0.0201. The Hall–Kier alpha value is -1.56. The van der Waals surface area contributed by atoms with Crippen molar-refractivity contribution >= 4 is 17.8 Å². The predicted molar refractivity (Wildman–Crippen MR) is 83.4 cm³/mol. The van der Waals surface area contributed by atoms with E-state index in [0.29, 0.717) is 6.61 Å². The molecule has 5 nitrogen and oxygen atoms in total. The Balaban J connectivity index is 1.62. The minimum Gasteiger partial charge on any atom is -0.493 e. The Morgan fingerprint density at radius 3 is 3.00 bits per heavy atom. The highest BCUT2D eigenvalue weighted by molar-refractivity contribution is 7.99. The number of ether oxygens (including phenoxy) is 2. The number of thioether (sulfide) groups is 1. The summed E-state index contributed by atoms with van der Waals surface area (Å²) in [4.78, 5) is 14.1. The van der Waals surface area contributed by atoms with Gasteiger partial charge in [-0.1, -0.05) is 12.1 Å². The number of amides is 2. The highest BCUT2D eigenvalue weighted by Crippen LogP contribution is 2.34. The van der Waals surface area contributed by atoms with Gasteiger partial charge in [-0.15, -0.1) is 0 Å². The minimum atomic E-state index is 0.0201. The van der Waals surface area contributed by atoms with E-state index in [1.165, 1.54) is 0 Å². The second kappa shape index (κ2) is 6.47. The van der Waals surface area contributed by atoms with Gasteiger partial charge in [0, 0.05) is 30.2 Å². The maximum Gasteiger partial charge on any atom is 0.317 e. The van der Waals surface area contributed by atoms with Gasteiger partial charge in [0.15, 0.2) is 11.5 Å². The first-order valence-electron chi connectivity index (χ1n) is 7.20. The molecule has 6 heteroatoms. The normalized spacial score (nSPS) is 21.2. The third kappa shape index (κ3) is 3.20. The van der Waals surface area contributed by atoms with Gasteiger partial charge in [0.25, 0.3) is 0 Å². The lowest BCUT2D eigenvalue weighted by Gasteiger charge is -2.31. The molecule has 1 atom stereocenters. The zero-order valence-electron chi connectivity index (χ0n) is 12.1. The van der Waals surface area contributed by atoms with Crippen molar-refractivity contribution < 1.29 is 14.3 Å². The maximum atomic E-state index is 12.2. The Kier molecular flexibility index (Phi) is 4.43. The van der Waals surface area contributed by atoms with E-state index in [1.54, 1.807) is 7.11 Å². The number of carbonyl (C=O) groups is 1. The number of methoxy groups -OCH3 is 1. The molecule has 1 aromatic rings. The van der Waals surface area contributed by atoms with Gasteiger partial charge in [0.05, 0.1) is 13.2 Å². The van der Waals surface area contributed by atoms with Gasteiger partial charge in [-0.3, -0.25) is 0 Å². The fourth-order valence-electron chi connectivity index (χ4n) is 2.68. The summed E-state index contributed by atoms with van der Waals surface area (Å²) in [7, 11) is 1.64. The summed E-state index contributed by atoms with van der Waals surface area (Å²) in [6.07, 6.45) is 0.779. The van der Waals surface area contributed by atoms with Crippen molar-refractivity contribution in [1.82, 2.24) is 10.2 Å². The van der Waals surface area contributed by atoms with Gasteiger partial charge >= 0.3 is 6.03 Å².